The Morgan fingerprint density at radius 2 is 2.03 bits per heavy atom. The van der Waals surface area contributed by atoms with Crippen LogP contribution in [0.5, 0.6) is 5.75 Å². The van der Waals surface area contributed by atoms with Crippen molar-refractivity contribution in [3.63, 3.8) is 0 Å². The number of hydrogen-bond acceptors (Lipinski definition) is 5. The molecule has 0 fully saturated rings. The van der Waals surface area contributed by atoms with E-state index in [9.17, 15) is 9.59 Å². The number of hydrogen-bond donors (Lipinski definition) is 0. The van der Waals surface area contributed by atoms with Gasteiger partial charge in [-0.05, 0) is 68.5 Å². The molecule has 0 spiro atoms. The first-order chi connectivity index (χ1) is 17.3. The smallest absolute Gasteiger partial charge is 0.379 e. The first kappa shape index (κ1) is 24.0. The highest BCUT2D eigenvalue weighted by atomic mass is 35.5. The molecule has 1 aliphatic rings. The van der Waals surface area contributed by atoms with Crippen molar-refractivity contribution in [3.8, 4) is 28.1 Å². The van der Waals surface area contributed by atoms with Gasteiger partial charge in [-0.25, -0.2) is 14.2 Å². The lowest BCUT2D eigenvalue weighted by molar-refractivity contribution is -0.137. The van der Waals surface area contributed by atoms with Gasteiger partial charge in [0, 0.05) is 39.7 Å². The molecule has 0 unspecified atom stereocenters. The number of imidazole rings is 1. The maximum absolute atomic E-state index is 15.3. The molecule has 0 bridgehead atoms. The van der Waals surface area contributed by atoms with E-state index in [4.69, 9.17) is 26.1 Å². The van der Waals surface area contributed by atoms with Gasteiger partial charge in [0.15, 0.2) is 11.6 Å². The van der Waals surface area contributed by atoms with Gasteiger partial charge in [0.1, 0.15) is 5.65 Å². The molecule has 36 heavy (non-hydrogen) atoms. The molecule has 2 aromatic carbocycles. The highest BCUT2D eigenvalue weighted by Crippen LogP contribution is 2.41. The van der Waals surface area contributed by atoms with Crippen LogP contribution in [0.15, 0.2) is 42.7 Å². The summed E-state index contributed by atoms with van der Waals surface area (Å²) < 4.78 is 27.7. The van der Waals surface area contributed by atoms with Crippen molar-refractivity contribution in [2.24, 2.45) is 0 Å². The molecule has 0 saturated heterocycles. The minimum atomic E-state index is -0.966. The molecule has 5 rings (SSSR count). The van der Waals surface area contributed by atoms with E-state index in [2.05, 4.69) is 0 Å². The molecule has 0 atom stereocenters. The van der Waals surface area contributed by atoms with Crippen LogP contribution < -0.4 is 4.74 Å². The molecule has 0 radical (unpaired) electrons. The van der Waals surface area contributed by atoms with Crippen molar-refractivity contribution in [2.45, 2.75) is 33.6 Å². The number of rotatable bonds is 5. The van der Waals surface area contributed by atoms with Crippen LogP contribution in [0, 0.1) is 19.7 Å². The molecular formula is C28H24ClFN2O4. The lowest BCUT2D eigenvalue weighted by Crippen LogP contribution is -2.20. The van der Waals surface area contributed by atoms with E-state index in [1.165, 1.54) is 6.07 Å². The third-order valence-corrected chi connectivity index (χ3v) is 6.68. The number of nitrogens with zero attached hydrogens (tertiary/aromatic N) is 2. The second kappa shape index (κ2) is 9.39. The molecule has 0 saturated carbocycles. The molecule has 6 nitrogen and oxygen atoms in total. The van der Waals surface area contributed by atoms with Crippen molar-refractivity contribution >= 4 is 29.0 Å². The normalized spacial score (nSPS) is 12.8. The Morgan fingerprint density at radius 3 is 2.78 bits per heavy atom. The molecule has 184 valence electrons. The quantitative estimate of drug-likeness (QED) is 0.184. The fourth-order valence-electron chi connectivity index (χ4n) is 4.81. The van der Waals surface area contributed by atoms with E-state index < -0.39 is 17.6 Å². The average molecular weight is 507 g/mol. The number of ether oxygens (including phenoxy) is 2. The number of esters is 1. The van der Waals surface area contributed by atoms with Crippen LogP contribution >= 0.6 is 11.6 Å². The summed E-state index contributed by atoms with van der Waals surface area (Å²) in [7, 11) is 0. The predicted octanol–water partition coefficient (Wildman–Crippen LogP) is 6.15. The highest BCUT2D eigenvalue weighted by molar-refractivity contribution is 6.42. The number of carbonyl (C=O) groups is 2. The Balaban J connectivity index is 1.84. The zero-order valence-electron chi connectivity index (χ0n) is 20.2. The molecule has 3 heterocycles. The topological polar surface area (TPSA) is 69.9 Å². The molecule has 0 N–H and O–H groups in total. The van der Waals surface area contributed by atoms with E-state index in [-0.39, 0.29) is 17.9 Å². The first-order valence-electron chi connectivity index (χ1n) is 11.7. The summed E-state index contributed by atoms with van der Waals surface area (Å²) in [6.07, 6.45) is 4.97. The number of pyridine rings is 1. The SMILES string of the molecule is CCOC(=O)C(=O)c1c(C)cn2cc(-c3cccc(Cl)c3)nc2c1-c1cc(F)c2c(c1C)CCCO2. The van der Waals surface area contributed by atoms with Crippen molar-refractivity contribution in [1.82, 2.24) is 9.38 Å². The van der Waals surface area contributed by atoms with Gasteiger partial charge < -0.3 is 13.9 Å². The van der Waals surface area contributed by atoms with E-state index in [1.807, 2.05) is 25.3 Å². The van der Waals surface area contributed by atoms with Crippen LogP contribution in [-0.4, -0.2) is 34.4 Å². The highest BCUT2D eigenvalue weighted by Gasteiger charge is 2.30. The Morgan fingerprint density at radius 1 is 1.22 bits per heavy atom. The number of carbonyl (C=O) groups excluding carboxylic acids is 2. The summed E-state index contributed by atoms with van der Waals surface area (Å²) in [4.78, 5) is 30.7. The predicted molar refractivity (Wildman–Crippen MR) is 135 cm³/mol. The van der Waals surface area contributed by atoms with Gasteiger partial charge in [0.25, 0.3) is 5.78 Å². The van der Waals surface area contributed by atoms with Crippen molar-refractivity contribution < 1.29 is 23.5 Å². The van der Waals surface area contributed by atoms with E-state index in [0.29, 0.717) is 46.1 Å². The summed E-state index contributed by atoms with van der Waals surface area (Å²) in [6.45, 7) is 5.76. The Kier molecular flexibility index (Phi) is 6.26. The molecule has 0 aliphatic carbocycles. The zero-order valence-corrected chi connectivity index (χ0v) is 20.9. The molecule has 4 aromatic rings. The van der Waals surface area contributed by atoms with Gasteiger partial charge >= 0.3 is 5.97 Å². The van der Waals surface area contributed by atoms with Crippen LogP contribution in [0.2, 0.25) is 5.02 Å². The summed E-state index contributed by atoms with van der Waals surface area (Å²) in [5.74, 6) is -2.03. The minimum absolute atomic E-state index is 0.0628. The standard InChI is InChI=1S/C28H24ClFN2O4/c1-4-35-28(34)25(33)23-15(2)13-32-14-22(17-7-5-8-18(29)11-17)31-27(32)24(23)20-12-21(30)26-19(16(20)3)9-6-10-36-26/h5,7-8,11-14H,4,6,9-10H2,1-3H3. The zero-order chi connectivity index (χ0) is 25.6. The van der Waals surface area contributed by atoms with E-state index in [1.54, 1.807) is 36.6 Å². The van der Waals surface area contributed by atoms with Gasteiger partial charge in [0.05, 0.1) is 18.9 Å². The number of aromatic nitrogens is 2. The van der Waals surface area contributed by atoms with Gasteiger partial charge in [-0.1, -0.05) is 23.7 Å². The maximum Gasteiger partial charge on any atom is 0.379 e. The Labute approximate surface area is 212 Å². The van der Waals surface area contributed by atoms with Gasteiger partial charge in [-0.15, -0.1) is 0 Å². The van der Waals surface area contributed by atoms with Crippen molar-refractivity contribution in [2.75, 3.05) is 13.2 Å². The van der Waals surface area contributed by atoms with Crippen LogP contribution in [0.3, 0.4) is 0 Å². The van der Waals surface area contributed by atoms with Crippen LogP contribution in [-0.2, 0) is 16.0 Å². The van der Waals surface area contributed by atoms with Crippen molar-refractivity contribution in [1.29, 1.82) is 0 Å². The molecule has 8 heteroatoms. The fraction of sp³-hybridized carbons (Fsp3) is 0.250. The number of benzene rings is 2. The number of halogens is 2. The lowest BCUT2D eigenvalue weighted by Gasteiger charge is -2.23. The third-order valence-electron chi connectivity index (χ3n) is 6.45. The Hall–Kier alpha value is -3.71. The summed E-state index contributed by atoms with van der Waals surface area (Å²) in [5, 5.41) is 0.562. The number of fused-ring (bicyclic) bond motifs is 2. The van der Waals surface area contributed by atoms with Crippen molar-refractivity contribution in [3.05, 3.63) is 75.8 Å². The molecule has 0 amide bonds. The monoisotopic (exact) mass is 506 g/mol. The second-order valence-corrected chi connectivity index (χ2v) is 9.21. The Bertz CT molecular complexity index is 1540. The van der Waals surface area contributed by atoms with E-state index in [0.717, 1.165) is 23.1 Å². The number of aryl methyl sites for hydroxylation is 1. The summed E-state index contributed by atoms with van der Waals surface area (Å²) in [6, 6.07) is 8.64. The average Bonchev–Trinajstić information content (AvgIpc) is 3.29. The van der Waals surface area contributed by atoms with Crippen LogP contribution in [0.25, 0.3) is 28.0 Å². The first-order valence-corrected chi connectivity index (χ1v) is 12.1. The summed E-state index contributed by atoms with van der Waals surface area (Å²) in [5.41, 5.74) is 4.92. The maximum atomic E-state index is 15.3. The molecule has 2 aromatic heterocycles. The molecule has 1 aliphatic heterocycles. The number of Topliss-reactive ketones (excluding diaryl/α,β-unsaturated/α-hetero) is 1. The van der Waals surface area contributed by atoms with Crippen LogP contribution in [0.4, 0.5) is 4.39 Å². The lowest BCUT2D eigenvalue weighted by atomic mass is 9.88. The largest absolute Gasteiger partial charge is 0.490 e. The van der Waals surface area contributed by atoms with Crippen LogP contribution in [0.1, 0.15) is 40.4 Å². The fourth-order valence-corrected chi connectivity index (χ4v) is 5.00. The third kappa shape index (κ3) is 4.03. The minimum Gasteiger partial charge on any atom is -0.490 e. The van der Waals surface area contributed by atoms with Gasteiger partial charge in [0.2, 0.25) is 0 Å². The van der Waals surface area contributed by atoms with E-state index >= 15 is 4.39 Å². The molecular weight excluding hydrogens is 483 g/mol. The van der Waals surface area contributed by atoms with Gasteiger partial charge in [-0.3, -0.25) is 4.79 Å². The van der Waals surface area contributed by atoms with Gasteiger partial charge in [-0.2, -0.15) is 0 Å². The second-order valence-electron chi connectivity index (χ2n) is 8.77. The summed E-state index contributed by atoms with van der Waals surface area (Å²) >= 11 is 6.20. The number of ketones is 1.